The molecule has 3 aliphatic rings. The summed E-state index contributed by atoms with van der Waals surface area (Å²) in [7, 11) is -3.75. The molecule has 11 heteroatoms. The van der Waals surface area contributed by atoms with Crippen molar-refractivity contribution in [3.05, 3.63) is 111 Å². The van der Waals surface area contributed by atoms with Gasteiger partial charge in [0, 0.05) is 62.1 Å². The smallest absolute Gasteiger partial charge is 0.323 e. The number of hydrogen-bond acceptors (Lipinski definition) is 6. The van der Waals surface area contributed by atoms with E-state index in [4.69, 9.17) is 10.5 Å². The van der Waals surface area contributed by atoms with Gasteiger partial charge in [-0.05, 0) is 91.3 Å². The summed E-state index contributed by atoms with van der Waals surface area (Å²) in [6, 6.07) is 19.9. The fraction of sp³-hybridized carbons (Fsp3) is 0.368. The van der Waals surface area contributed by atoms with Gasteiger partial charge in [0.2, 0.25) is 10.0 Å². The summed E-state index contributed by atoms with van der Waals surface area (Å²) in [6.07, 6.45) is 1.19. The highest BCUT2D eigenvalue weighted by Crippen LogP contribution is 2.38. The van der Waals surface area contributed by atoms with Crippen molar-refractivity contribution in [2.75, 3.05) is 39.4 Å². The van der Waals surface area contributed by atoms with Gasteiger partial charge in [0.25, 0.3) is 5.91 Å². The van der Waals surface area contributed by atoms with Crippen LogP contribution in [-0.2, 0) is 40.7 Å². The fourth-order valence-electron chi connectivity index (χ4n) is 7.68. The fourth-order valence-corrected chi connectivity index (χ4v) is 9.12. The van der Waals surface area contributed by atoms with Crippen molar-refractivity contribution in [3.8, 4) is 11.3 Å². The van der Waals surface area contributed by atoms with Crippen LogP contribution in [-0.4, -0.2) is 84.5 Å². The van der Waals surface area contributed by atoms with E-state index in [1.54, 1.807) is 30.3 Å². The molecule has 1 atom stereocenters. The lowest BCUT2D eigenvalue weighted by Gasteiger charge is -2.41. The second-order valence-corrected chi connectivity index (χ2v) is 15.3. The molecule has 4 heterocycles. The Morgan fingerprint density at radius 1 is 0.837 bits per heavy atom. The number of aromatic nitrogens is 1. The third-order valence-corrected chi connectivity index (χ3v) is 12.5. The minimum atomic E-state index is -3.75. The van der Waals surface area contributed by atoms with Crippen LogP contribution in [0, 0.1) is 20.8 Å². The van der Waals surface area contributed by atoms with Gasteiger partial charge in [-0.25, -0.2) is 13.2 Å². The lowest BCUT2D eigenvalue weighted by Crippen LogP contribution is -2.52. The van der Waals surface area contributed by atoms with Crippen molar-refractivity contribution >= 4 is 22.0 Å². The molecular formula is C38H43N5O5S. The summed E-state index contributed by atoms with van der Waals surface area (Å²) < 4.78 is 36.0. The van der Waals surface area contributed by atoms with Crippen LogP contribution in [0.25, 0.3) is 11.3 Å². The Morgan fingerprint density at radius 2 is 1.53 bits per heavy atom. The molecule has 0 radical (unpaired) electrons. The number of nitrogens with two attached hydrogens (primary N) is 1. The van der Waals surface area contributed by atoms with E-state index in [9.17, 15) is 13.2 Å². The Kier molecular flexibility index (Phi) is 8.95. The number of morpholine rings is 1. The third kappa shape index (κ3) is 6.09. The van der Waals surface area contributed by atoms with E-state index in [-0.39, 0.29) is 23.4 Å². The number of primary amides is 1. The number of rotatable bonds is 6. The average molecular weight is 682 g/mol. The van der Waals surface area contributed by atoms with Crippen molar-refractivity contribution in [1.82, 2.24) is 18.7 Å². The summed E-state index contributed by atoms with van der Waals surface area (Å²) in [6.45, 7) is 10.3. The van der Waals surface area contributed by atoms with Crippen LogP contribution in [0.1, 0.15) is 49.4 Å². The molecule has 256 valence electrons. The first kappa shape index (κ1) is 33.2. The minimum absolute atomic E-state index is 0.0909. The van der Waals surface area contributed by atoms with E-state index >= 15 is 4.79 Å². The highest BCUT2D eigenvalue weighted by atomic mass is 32.2. The standard InChI is InChI=1S/C38H43N5O5S/c1-25-26(2)36(43(27(25)3)38(39)45)34-20-29-13-14-41(49(46,47)33-11-5-4-6-12-33)22-31(29)21-35(34)37(44)42-23-30-10-8-7-9-28(30)19-32(42)24-40-15-17-48-18-16-40/h4-12,20-21,32H,13-19,22-24H2,1-3H3,(H2,39,45)/t32-/m0/s1. The van der Waals surface area contributed by atoms with Crippen LogP contribution in [0.2, 0.25) is 0 Å². The van der Waals surface area contributed by atoms with E-state index in [1.165, 1.54) is 14.4 Å². The highest BCUT2D eigenvalue weighted by Gasteiger charge is 2.36. The van der Waals surface area contributed by atoms with Gasteiger partial charge in [0.05, 0.1) is 23.8 Å². The maximum absolute atomic E-state index is 15.2. The first-order valence-electron chi connectivity index (χ1n) is 16.9. The number of amides is 2. The monoisotopic (exact) mass is 681 g/mol. The van der Waals surface area contributed by atoms with Gasteiger partial charge >= 0.3 is 6.03 Å². The lowest BCUT2D eigenvalue weighted by atomic mass is 9.89. The number of ether oxygens (including phenoxy) is 1. The third-order valence-electron chi connectivity index (χ3n) is 10.6. The Balaban J connectivity index is 1.36. The topological polar surface area (TPSA) is 118 Å². The summed E-state index contributed by atoms with van der Waals surface area (Å²) >= 11 is 0. The zero-order valence-corrected chi connectivity index (χ0v) is 29.1. The van der Waals surface area contributed by atoms with Crippen LogP contribution >= 0.6 is 0 Å². The molecule has 10 nitrogen and oxygen atoms in total. The number of sulfonamides is 1. The zero-order chi connectivity index (χ0) is 34.4. The molecule has 7 rings (SSSR count). The lowest BCUT2D eigenvalue weighted by molar-refractivity contribution is 0.0193. The molecule has 3 aliphatic heterocycles. The quantitative estimate of drug-likeness (QED) is 0.317. The molecule has 1 aromatic heterocycles. The van der Waals surface area contributed by atoms with Crippen LogP contribution in [0.3, 0.4) is 0 Å². The molecule has 0 aliphatic carbocycles. The second-order valence-electron chi connectivity index (χ2n) is 13.4. The molecule has 2 amide bonds. The van der Waals surface area contributed by atoms with Crippen molar-refractivity contribution in [1.29, 1.82) is 0 Å². The van der Waals surface area contributed by atoms with Crippen LogP contribution in [0.4, 0.5) is 4.79 Å². The molecule has 4 aromatic rings. The van der Waals surface area contributed by atoms with E-state index < -0.39 is 16.1 Å². The van der Waals surface area contributed by atoms with Crippen molar-refractivity contribution in [2.24, 2.45) is 5.73 Å². The summed E-state index contributed by atoms with van der Waals surface area (Å²) in [4.78, 5) is 32.7. The molecule has 49 heavy (non-hydrogen) atoms. The van der Waals surface area contributed by atoms with E-state index in [0.29, 0.717) is 56.1 Å². The van der Waals surface area contributed by atoms with Crippen molar-refractivity contribution in [3.63, 3.8) is 0 Å². The number of fused-ring (bicyclic) bond motifs is 2. The van der Waals surface area contributed by atoms with Crippen molar-refractivity contribution in [2.45, 2.75) is 57.6 Å². The Labute approximate surface area is 288 Å². The summed E-state index contributed by atoms with van der Waals surface area (Å²) in [5, 5.41) is 0. The van der Waals surface area contributed by atoms with E-state index in [0.717, 1.165) is 53.0 Å². The molecule has 0 saturated carbocycles. The second kappa shape index (κ2) is 13.2. The number of benzene rings is 3. The number of carbonyl (C=O) groups excluding carboxylic acids is 2. The first-order valence-corrected chi connectivity index (χ1v) is 18.4. The summed E-state index contributed by atoms with van der Waals surface area (Å²) in [5.74, 6) is -0.152. The SMILES string of the molecule is Cc1c(C)c(-c2cc3c(cc2C(=O)N2Cc4ccccc4C[C@H]2CN2CCOCC2)CN(S(=O)(=O)c2ccccc2)CC3)n(C(N)=O)c1C. The zero-order valence-electron chi connectivity index (χ0n) is 28.3. The van der Waals surface area contributed by atoms with Gasteiger partial charge in [-0.2, -0.15) is 4.31 Å². The van der Waals surface area contributed by atoms with Crippen LogP contribution in [0.15, 0.2) is 71.6 Å². The maximum Gasteiger partial charge on any atom is 0.323 e. The molecule has 2 N–H and O–H groups in total. The molecule has 0 unspecified atom stereocenters. The predicted octanol–water partition coefficient (Wildman–Crippen LogP) is 4.65. The normalized spacial score (nSPS) is 18.6. The predicted molar refractivity (Wildman–Crippen MR) is 188 cm³/mol. The molecule has 0 bridgehead atoms. The van der Waals surface area contributed by atoms with Gasteiger partial charge in [0.15, 0.2) is 0 Å². The molecule has 0 spiro atoms. The maximum atomic E-state index is 15.2. The number of nitrogens with zero attached hydrogens (tertiary/aromatic N) is 4. The first-order chi connectivity index (χ1) is 23.5. The van der Waals surface area contributed by atoms with Gasteiger partial charge < -0.3 is 15.4 Å². The van der Waals surface area contributed by atoms with Gasteiger partial charge in [0.1, 0.15) is 0 Å². The van der Waals surface area contributed by atoms with Crippen molar-refractivity contribution < 1.29 is 22.7 Å². The van der Waals surface area contributed by atoms with E-state index in [1.807, 2.05) is 49.9 Å². The molecule has 3 aromatic carbocycles. The van der Waals surface area contributed by atoms with Gasteiger partial charge in [-0.1, -0.05) is 42.5 Å². The van der Waals surface area contributed by atoms with Gasteiger partial charge in [-0.15, -0.1) is 0 Å². The van der Waals surface area contributed by atoms with Crippen LogP contribution in [0.5, 0.6) is 0 Å². The van der Waals surface area contributed by atoms with Crippen LogP contribution < -0.4 is 5.73 Å². The Bertz CT molecular complexity index is 2030. The van der Waals surface area contributed by atoms with E-state index in [2.05, 4.69) is 17.0 Å². The Morgan fingerprint density at radius 3 is 2.24 bits per heavy atom. The largest absolute Gasteiger partial charge is 0.379 e. The molecule has 1 saturated heterocycles. The minimum Gasteiger partial charge on any atom is -0.379 e. The number of carbonyl (C=O) groups is 2. The number of hydrogen-bond donors (Lipinski definition) is 1. The summed E-state index contributed by atoms with van der Waals surface area (Å²) in [5.41, 5.74) is 14.3. The molecular weight excluding hydrogens is 639 g/mol. The van der Waals surface area contributed by atoms with Gasteiger partial charge in [-0.3, -0.25) is 14.3 Å². The average Bonchev–Trinajstić information content (AvgIpc) is 3.34. The Hall–Kier alpha value is -4.29. The molecule has 1 fully saturated rings. The highest BCUT2D eigenvalue weighted by molar-refractivity contribution is 7.89.